The molecule has 0 radical (unpaired) electrons. The van der Waals surface area contributed by atoms with Gasteiger partial charge in [0.25, 0.3) is 0 Å². The first-order chi connectivity index (χ1) is 29.2. The van der Waals surface area contributed by atoms with Crippen molar-refractivity contribution in [3.8, 4) is 33.4 Å². The Bertz CT molecular complexity index is 3550. The molecular formula is C56H35NOS. The molecule has 276 valence electrons. The van der Waals surface area contributed by atoms with Gasteiger partial charge in [-0.2, -0.15) is 0 Å². The van der Waals surface area contributed by atoms with Gasteiger partial charge in [-0.15, -0.1) is 11.3 Å². The summed E-state index contributed by atoms with van der Waals surface area (Å²) in [6.07, 6.45) is 0. The van der Waals surface area contributed by atoms with Crippen molar-refractivity contribution < 1.29 is 4.42 Å². The summed E-state index contributed by atoms with van der Waals surface area (Å²) in [6.45, 7) is 0. The molecule has 12 aromatic rings. The monoisotopic (exact) mass is 769 g/mol. The van der Waals surface area contributed by atoms with Crippen LogP contribution in [0.2, 0.25) is 0 Å². The van der Waals surface area contributed by atoms with Crippen LogP contribution in [0.5, 0.6) is 0 Å². The number of furan rings is 1. The maximum Gasteiger partial charge on any atom is 0.136 e. The Kier molecular flexibility index (Phi) is 7.75. The molecule has 0 saturated carbocycles. The fraction of sp³-hybridized carbons (Fsp3) is 0. The van der Waals surface area contributed by atoms with Gasteiger partial charge in [0, 0.05) is 48.0 Å². The highest BCUT2D eigenvalue weighted by Crippen LogP contribution is 2.46. The van der Waals surface area contributed by atoms with E-state index in [2.05, 4.69) is 211 Å². The molecule has 0 aliphatic heterocycles. The smallest absolute Gasteiger partial charge is 0.136 e. The Morgan fingerprint density at radius 2 is 0.949 bits per heavy atom. The van der Waals surface area contributed by atoms with Gasteiger partial charge in [-0.05, 0) is 116 Å². The number of thiophene rings is 1. The molecule has 12 rings (SSSR count). The minimum Gasteiger partial charge on any atom is -0.456 e. The topological polar surface area (TPSA) is 16.4 Å². The number of para-hydroxylation sites is 1. The lowest BCUT2D eigenvalue weighted by Gasteiger charge is -2.26. The van der Waals surface area contributed by atoms with Crippen LogP contribution < -0.4 is 4.90 Å². The molecule has 0 atom stereocenters. The molecule has 0 spiro atoms. The number of fused-ring (bicyclic) bond motifs is 9. The summed E-state index contributed by atoms with van der Waals surface area (Å²) < 4.78 is 8.85. The average molecular weight is 770 g/mol. The Morgan fingerprint density at radius 1 is 0.322 bits per heavy atom. The van der Waals surface area contributed by atoms with Gasteiger partial charge in [0.2, 0.25) is 0 Å². The van der Waals surface area contributed by atoms with Crippen molar-refractivity contribution in [3.05, 3.63) is 212 Å². The summed E-state index contributed by atoms with van der Waals surface area (Å²) in [4.78, 5) is 2.38. The quantitative estimate of drug-likeness (QED) is 0.167. The van der Waals surface area contributed by atoms with E-state index in [1.807, 2.05) is 17.4 Å². The normalized spacial score (nSPS) is 11.7. The molecule has 0 bridgehead atoms. The lowest BCUT2D eigenvalue weighted by Crippen LogP contribution is -2.10. The third kappa shape index (κ3) is 5.62. The van der Waals surface area contributed by atoms with Gasteiger partial charge in [0.1, 0.15) is 11.2 Å². The third-order valence-corrected chi connectivity index (χ3v) is 13.1. The maximum absolute atomic E-state index is 6.30. The molecule has 0 aliphatic rings. The first-order valence-electron chi connectivity index (χ1n) is 20.1. The van der Waals surface area contributed by atoms with Crippen LogP contribution in [0.15, 0.2) is 217 Å². The molecule has 0 saturated heterocycles. The summed E-state index contributed by atoms with van der Waals surface area (Å²) in [5.74, 6) is 0. The Labute approximate surface area is 345 Å². The van der Waals surface area contributed by atoms with Crippen LogP contribution in [0.3, 0.4) is 0 Å². The standard InChI is InChI=1S/C56H35NOS/c1-2-12-40-34-41(23-22-36(40)10-1)37-24-28-43(29-25-37)57(44-30-26-39(27-31-44)47-18-8-13-38-11-3-4-16-46(38)47)45-15-7-14-42(35-45)48-19-9-20-49-50-32-33-53-54(56(50)59-55(48)49)51-17-5-6-21-52(51)58-53/h1-35H. The van der Waals surface area contributed by atoms with Crippen LogP contribution in [0.25, 0.3) is 97.0 Å². The summed E-state index contributed by atoms with van der Waals surface area (Å²) >= 11 is 1.87. The zero-order valence-electron chi connectivity index (χ0n) is 32.0. The molecule has 2 heterocycles. The predicted molar refractivity (Wildman–Crippen MR) is 253 cm³/mol. The second-order valence-electron chi connectivity index (χ2n) is 15.3. The number of anilines is 3. The molecule has 0 N–H and O–H groups in total. The van der Waals surface area contributed by atoms with Crippen molar-refractivity contribution in [2.45, 2.75) is 0 Å². The van der Waals surface area contributed by atoms with Crippen LogP contribution >= 0.6 is 11.3 Å². The molecular weight excluding hydrogens is 735 g/mol. The van der Waals surface area contributed by atoms with Crippen LogP contribution in [-0.4, -0.2) is 0 Å². The van der Waals surface area contributed by atoms with Crippen molar-refractivity contribution >= 4 is 92.1 Å². The molecule has 0 amide bonds. The number of benzene rings is 10. The van der Waals surface area contributed by atoms with E-state index in [-0.39, 0.29) is 0 Å². The zero-order valence-corrected chi connectivity index (χ0v) is 32.8. The summed E-state index contributed by atoms with van der Waals surface area (Å²) in [5.41, 5.74) is 12.4. The zero-order chi connectivity index (χ0) is 38.9. The molecule has 0 aliphatic carbocycles. The van der Waals surface area contributed by atoms with Gasteiger partial charge in [-0.1, -0.05) is 152 Å². The Morgan fingerprint density at radius 3 is 1.80 bits per heavy atom. The minimum absolute atomic E-state index is 0.927. The SMILES string of the molecule is c1cc(-c2cccc3c2sc2c3ccc3oc4ccccc4c32)cc(N(c2ccc(-c3ccc4ccccc4c3)cc2)c2ccc(-c3cccc4ccccc34)cc2)c1. The van der Waals surface area contributed by atoms with E-state index in [0.717, 1.165) is 33.6 Å². The second-order valence-corrected chi connectivity index (χ2v) is 16.3. The maximum atomic E-state index is 6.30. The number of hydrogen-bond acceptors (Lipinski definition) is 3. The third-order valence-electron chi connectivity index (χ3n) is 11.9. The van der Waals surface area contributed by atoms with E-state index < -0.39 is 0 Å². The molecule has 3 heteroatoms. The van der Waals surface area contributed by atoms with Gasteiger partial charge in [-0.25, -0.2) is 0 Å². The number of nitrogens with zero attached hydrogens (tertiary/aromatic N) is 1. The van der Waals surface area contributed by atoms with E-state index >= 15 is 0 Å². The van der Waals surface area contributed by atoms with E-state index in [4.69, 9.17) is 4.42 Å². The lowest BCUT2D eigenvalue weighted by molar-refractivity contribution is 0.669. The van der Waals surface area contributed by atoms with Crippen molar-refractivity contribution in [2.75, 3.05) is 4.90 Å². The van der Waals surface area contributed by atoms with Crippen molar-refractivity contribution in [2.24, 2.45) is 0 Å². The van der Waals surface area contributed by atoms with Crippen LogP contribution in [0.4, 0.5) is 17.1 Å². The summed E-state index contributed by atoms with van der Waals surface area (Å²) in [7, 11) is 0. The number of rotatable bonds is 6. The lowest BCUT2D eigenvalue weighted by atomic mass is 9.97. The van der Waals surface area contributed by atoms with E-state index in [9.17, 15) is 0 Å². The van der Waals surface area contributed by atoms with Gasteiger partial charge >= 0.3 is 0 Å². The minimum atomic E-state index is 0.927. The first-order valence-corrected chi connectivity index (χ1v) is 20.9. The van der Waals surface area contributed by atoms with Crippen LogP contribution in [0.1, 0.15) is 0 Å². The van der Waals surface area contributed by atoms with Gasteiger partial charge in [0.05, 0.1) is 0 Å². The van der Waals surface area contributed by atoms with E-state index in [1.165, 1.54) is 80.5 Å². The first kappa shape index (κ1) is 33.7. The molecule has 0 unspecified atom stereocenters. The second kappa shape index (κ2) is 13.6. The average Bonchev–Trinajstić information content (AvgIpc) is 3.88. The fourth-order valence-electron chi connectivity index (χ4n) is 8.99. The van der Waals surface area contributed by atoms with Crippen LogP contribution in [0, 0.1) is 0 Å². The highest BCUT2D eigenvalue weighted by molar-refractivity contribution is 7.27. The van der Waals surface area contributed by atoms with E-state index in [0.29, 0.717) is 0 Å². The highest BCUT2D eigenvalue weighted by Gasteiger charge is 2.19. The highest BCUT2D eigenvalue weighted by atomic mass is 32.1. The molecule has 2 nitrogen and oxygen atoms in total. The summed E-state index contributed by atoms with van der Waals surface area (Å²) in [5, 5.41) is 9.90. The summed E-state index contributed by atoms with van der Waals surface area (Å²) in [6, 6.07) is 77.0. The fourth-order valence-corrected chi connectivity index (χ4v) is 10.4. The van der Waals surface area contributed by atoms with Crippen LogP contribution in [-0.2, 0) is 0 Å². The predicted octanol–water partition coefficient (Wildman–Crippen LogP) is 16.7. The molecule has 10 aromatic carbocycles. The molecule has 59 heavy (non-hydrogen) atoms. The van der Waals surface area contributed by atoms with Gasteiger partial charge < -0.3 is 9.32 Å². The molecule has 2 aromatic heterocycles. The Balaban J connectivity index is 0.989. The largest absolute Gasteiger partial charge is 0.456 e. The van der Waals surface area contributed by atoms with Crippen molar-refractivity contribution in [1.82, 2.24) is 0 Å². The van der Waals surface area contributed by atoms with Gasteiger partial charge in [0.15, 0.2) is 0 Å². The molecule has 0 fully saturated rings. The van der Waals surface area contributed by atoms with Gasteiger partial charge in [-0.3, -0.25) is 0 Å². The Hall–Kier alpha value is -7.46. The number of hydrogen-bond donors (Lipinski definition) is 0. The van der Waals surface area contributed by atoms with E-state index in [1.54, 1.807) is 0 Å². The van der Waals surface area contributed by atoms with Crippen molar-refractivity contribution in [3.63, 3.8) is 0 Å². The van der Waals surface area contributed by atoms with Crippen molar-refractivity contribution in [1.29, 1.82) is 0 Å².